The number of esters is 1. The van der Waals surface area contributed by atoms with Crippen LogP contribution < -0.4 is 0 Å². The van der Waals surface area contributed by atoms with Crippen LogP contribution in [0.25, 0.3) is 0 Å². The summed E-state index contributed by atoms with van der Waals surface area (Å²) >= 11 is 0. The van der Waals surface area contributed by atoms with Crippen molar-refractivity contribution >= 4 is 5.97 Å². The lowest BCUT2D eigenvalue weighted by Crippen LogP contribution is -2.05. The second kappa shape index (κ2) is 17.5. The van der Waals surface area contributed by atoms with E-state index in [0.717, 1.165) is 26.1 Å². The molecule has 3 heteroatoms. The van der Waals surface area contributed by atoms with Crippen LogP contribution in [0.2, 0.25) is 0 Å². The number of hydrogen-bond donors (Lipinski definition) is 0. The number of hydrogen-bond acceptors (Lipinski definition) is 3. The Hall–Kier alpha value is -0.830. The van der Waals surface area contributed by atoms with Gasteiger partial charge in [0.05, 0.1) is 6.61 Å². The van der Waals surface area contributed by atoms with Crippen LogP contribution in [0.15, 0.2) is 12.2 Å². The first-order valence-corrected chi connectivity index (χ1v) is 9.58. The van der Waals surface area contributed by atoms with E-state index in [1.54, 1.807) is 6.92 Å². The molecule has 3 nitrogen and oxygen atoms in total. The van der Waals surface area contributed by atoms with Crippen LogP contribution in [-0.4, -0.2) is 25.8 Å². The Balaban J connectivity index is 3.05. The van der Waals surface area contributed by atoms with Crippen molar-refractivity contribution in [3.05, 3.63) is 12.2 Å². The van der Waals surface area contributed by atoms with Gasteiger partial charge in [0, 0.05) is 18.8 Å². The second-order valence-electron chi connectivity index (χ2n) is 6.42. The molecule has 0 radical (unpaired) electrons. The van der Waals surface area contributed by atoms with Crippen molar-refractivity contribution in [3.8, 4) is 0 Å². The third kappa shape index (κ3) is 17.4. The first kappa shape index (κ1) is 22.2. The highest BCUT2D eigenvalue weighted by Crippen LogP contribution is 2.09. The minimum Gasteiger partial charge on any atom is -0.462 e. The molecule has 23 heavy (non-hydrogen) atoms. The van der Waals surface area contributed by atoms with E-state index in [0.29, 0.717) is 12.2 Å². The molecule has 0 N–H and O–H groups in total. The first-order chi connectivity index (χ1) is 11.2. The molecule has 0 bridgehead atoms. The molecular weight excluding hydrogens is 288 g/mol. The van der Waals surface area contributed by atoms with Crippen LogP contribution in [0.3, 0.4) is 0 Å². The normalized spacial score (nSPS) is 10.7. The Morgan fingerprint density at radius 3 is 1.65 bits per heavy atom. The monoisotopic (exact) mass is 326 g/mol. The van der Waals surface area contributed by atoms with Crippen molar-refractivity contribution in [1.82, 2.24) is 0 Å². The summed E-state index contributed by atoms with van der Waals surface area (Å²) in [6.07, 6.45) is 14.9. The zero-order valence-electron chi connectivity index (χ0n) is 15.5. The van der Waals surface area contributed by atoms with Crippen LogP contribution in [0.1, 0.15) is 90.9 Å². The van der Waals surface area contributed by atoms with Crippen LogP contribution in [0.5, 0.6) is 0 Å². The molecular formula is C20H38O3. The van der Waals surface area contributed by atoms with Crippen LogP contribution in [0, 0.1) is 0 Å². The maximum atomic E-state index is 11.2. The van der Waals surface area contributed by atoms with E-state index >= 15 is 0 Å². The lowest BCUT2D eigenvalue weighted by atomic mass is 10.1. The summed E-state index contributed by atoms with van der Waals surface area (Å²) in [6, 6.07) is 0. The minimum atomic E-state index is -0.266. The Morgan fingerprint density at radius 2 is 1.17 bits per heavy atom. The number of carbonyl (C=O) groups is 1. The summed E-state index contributed by atoms with van der Waals surface area (Å²) in [5.74, 6) is -0.266. The first-order valence-electron chi connectivity index (χ1n) is 9.58. The van der Waals surface area contributed by atoms with Gasteiger partial charge in [0.2, 0.25) is 0 Å². The molecule has 0 atom stereocenters. The van der Waals surface area contributed by atoms with E-state index in [-0.39, 0.29) is 5.97 Å². The Labute approximate surface area is 143 Å². The van der Waals surface area contributed by atoms with Crippen molar-refractivity contribution in [3.63, 3.8) is 0 Å². The number of rotatable bonds is 17. The van der Waals surface area contributed by atoms with Gasteiger partial charge in [-0.3, -0.25) is 0 Å². The standard InChI is InChI=1S/C20H38O3/c1-4-5-6-13-16-22-17-14-11-9-7-8-10-12-15-18-23-20(21)19(2)3/h2,4-18H2,1,3H3. The summed E-state index contributed by atoms with van der Waals surface area (Å²) < 4.78 is 10.7. The molecule has 0 aromatic rings. The van der Waals surface area contributed by atoms with Gasteiger partial charge in [-0.25, -0.2) is 4.79 Å². The Bertz CT molecular complexity index is 287. The van der Waals surface area contributed by atoms with Gasteiger partial charge in [-0.15, -0.1) is 0 Å². The molecule has 0 rings (SSSR count). The molecule has 0 saturated heterocycles. The van der Waals surface area contributed by atoms with Gasteiger partial charge in [-0.2, -0.15) is 0 Å². The predicted octanol–water partition coefficient (Wildman–Crippen LogP) is 5.82. The molecule has 0 aliphatic rings. The summed E-state index contributed by atoms with van der Waals surface area (Å²) in [5.41, 5.74) is 0.481. The van der Waals surface area contributed by atoms with Gasteiger partial charge in [-0.05, 0) is 26.2 Å². The van der Waals surface area contributed by atoms with Crippen molar-refractivity contribution in [2.24, 2.45) is 0 Å². The van der Waals surface area contributed by atoms with Gasteiger partial charge < -0.3 is 9.47 Å². The van der Waals surface area contributed by atoms with E-state index in [1.165, 1.54) is 64.2 Å². The van der Waals surface area contributed by atoms with E-state index in [2.05, 4.69) is 13.5 Å². The largest absolute Gasteiger partial charge is 0.462 e. The molecule has 0 aliphatic carbocycles. The third-order valence-corrected chi connectivity index (χ3v) is 3.91. The minimum absolute atomic E-state index is 0.266. The highest BCUT2D eigenvalue weighted by atomic mass is 16.5. The quantitative estimate of drug-likeness (QED) is 0.192. The highest BCUT2D eigenvalue weighted by Gasteiger charge is 2.01. The van der Waals surface area contributed by atoms with E-state index in [1.807, 2.05) is 0 Å². The van der Waals surface area contributed by atoms with Gasteiger partial charge >= 0.3 is 5.97 Å². The maximum absolute atomic E-state index is 11.2. The molecule has 0 aromatic carbocycles. The summed E-state index contributed by atoms with van der Waals surface area (Å²) in [7, 11) is 0. The number of ether oxygens (including phenoxy) is 2. The fourth-order valence-corrected chi connectivity index (χ4v) is 2.39. The van der Waals surface area contributed by atoms with Crippen LogP contribution in [0.4, 0.5) is 0 Å². The van der Waals surface area contributed by atoms with Gasteiger partial charge in [0.25, 0.3) is 0 Å². The van der Waals surface area contributed by atoms with Gasteiger partial charge in [0.1, 0.15) is 0 Å². The fraction of sp³-hybridized carbons (Fsp3) is 0.850. The molecule has 0 unspecified atom stereocenters. The SMILES string of the molecule is C=C(C)C(=O)OCCCCCCCCCCOCCCCCC. The van der Waals surface area contributed by atoms with Gasteiger partial charge in [-0.1, -0.05) is 71.3 Å². The highest BCUT2D eigenvalue weighted by molar-refractivity contribution is 5.86. The zero-order chi connectivity index (χ0) is 17.2. The molecule has 0 amide bonds. The second-order valence-corrected chi connectivity index (χ2v) is 6.42. The fourth-order valence-electron chi connectivity index (χ4n) is 2.39. The predicted molar refractivity (Wildman–Crippen MR) is 97.7 cm³/mol. The van der Waals surface area contributed by atoms with Crippen molar-refractivity contribution in [2.75, 3.05) is 19.8 Å². The third-order valence-electron chi connectivity index (χ3n) is 3.91. The summed E-state index contributed by atoms with van der Waals surface area (Å²) in [6.45, 7) is 9.88. The average molecular weight is 327 g/mol. The summed E-state index contributed by atoms with van der Waals surface area (Å²) in [5, 5.41) is 0. The van der Waals surface area contributed by atoms with E-state index < -0.39 is 0 Å². The number of unbranched alkanes of at least 4 members (excludes halogenated alkanes) is 10. The lowest BCUT2D eigenvalue weighted by Gasteiger charge is -2.05. The Kier molecular flexibility index (Phi) is 16.9. The molecule has 0 heterocycles. The smallest absolute Gasteiger partial charge is 0.333 e. The molecule has 136 valence electrons. The van der Waals surface area contributed by atoms with Crippen LogP contribution >= 0.6 is 0 Å². The summed E-state index contributed by atoms with van der Waals surface area (Å²) in [4.78, 5) is 11.2. The zero-order valence-corrected chi connectivity index (χ0v) is 15.5. The van der Waals surface area contributed by atoms with Gasteiger partial charge in [0.15, 0.2) is 0 Å². The molecule has 0 aliphatic heterocycles. The van der Waals surface area contributed by atoms with Crippen molar-refractivity contribution in [2.45, 2.75) is 90.9 Å². The molecule has 0 aromatic heterocycles. The molecule has 0 fully saturated rings. The van der Waals surface area contributed by atoms with Crippen LogP contribution in [-0.2, 0) is 14.3 Å². The number of carbonyl (C=O) groups excluding carboxylic acids is 1. The van der Waals surface area contributed by atoms with Crippen molar-refractivity contribution < 1.29 is 14.3 Å². The lowest BCUT2D eigenvalue weighted by molar-refractivity contribution is -0.139. The average Bonchev–Trinajstić information content (AvgIpc) is 2.54. The Morgan fingerprint density at radius 1 is 0.739 bits per heavy atom. The molecule has 0 saturated carbocycles. The van der Waals surface area contributed by atoms with E-state index in [4.69, 9.17) is 9.47 Å². The van der Waals surface area contributed by atoms with Crippen molar-refractivity contribution in [1.29, 1.82) is 0 Å². The maximum Gasteiger partial charge on any atom is 0.333 e. The topological polar surface area (TPSA) is 35.5 Å². The van der Waals surface area contributed by atoms with E-state index in [9.17, 15) is 4.79 Å². The molecule has 0 spiro atoms.